The Morgan fingerprint density at radius 3 is 1.71 bits per heavy atom. The van der Waals surface area contributed by atoms with Crippen LogP contribution in [0.25, 0.3) is 6.08 Å². The summed E-state index contributed by atoms with van der Waals surface area (Å²) < 4.78 is 21.5. The Kier molecular flexibility index (Phi) is 17.3. The highest BCUT2D eigenvalue weighted by Crippen LogP contribution is 2.34. The van der Waals surface area contributed by atoms with Crippen molar-refractivity contribution in [2.75, 3.05) is 26.9 Å². The average Bonchev–Trinajstić information content (AvgIpc) is 2.93. The molecule has 7 nitrogen and oxygen atoms in total. The smallest absolute Gasteiger partial charge is 0.315 e. The topological polar surface area (TPSA) is 88.1 Å². The molecule has 0 aromatic heterocycles. The summed E-state index contributed by atoms with van der Waals surface area (Å²) in [5.74, 6) is -0.403. The molecule has 0 aliphatic rings. The first kappa shape index (κ1) is 32.9. The van der Waals surface area contributed by atoms with E-state index < -0.39 is 11.4 Å². The first-order chi connectivity index (χ1) is 18.4. The van der Waals surface area contributed by atoms with Gasteiger partial charge in [-0.25, -0.2) is 0 Å². The summed E-state index contributed by atoms with van der Waals surface area (Å²) in [7, 11) is 1.62. The van der Waals surface area contributed by atoms with Gasteiger partial charge in [0.15, 0.2) is 0 Å². The number of methoxy groups -OCH3 is 1. The second-order valence-corrected chi connectivity index (χ2v) is 9.29. The fourth-order valence-corrected chi connectivity index (χ4v) is 3.59. The molecular formula is C31H46O7. The van der Waals surface area contributed by atoms with Gasteiger partial charge in [0.2, 0.25) is 0 Å². The van der Waals surface area contributed by atoms with Crippen LogP contribution in [0.5, 0.6) is 5.75 Å². The Balaban J connectivity index is 3.13. The molecule has 0 heterocycles. The van der Waals surface area contributed by atoms with Crippen LogP contribution in [0.1, 0.15) is 90.5 Å². The number of carbonyl (C=O) groups excluding carboxylic acids is 3. The minimum Gasteiger partial charge on any atom is -0.497 e. The van der Waals surface area contributed by atoms with Crippen LogP contribution in [0, 0.1) is 5.41 Å². The SMILES string of the molecule is CCCCOC(=O)CCC(/C=C/C=C/c1ccc(OC)cc1)(CCC(=O)OCCCC)C(=O)OCCCC. The number of rotatable bonds is 20. The van der Waals surface area contributed by atoms with Gasteiger partial charge >= 0.3 is 17.9 Å². The number of hydrogen-bond acceptors (Lipinski definition) is 7. The second kappa shape index (κ2) is 19.9. The molecule has 0 fully saturated rings. The van der Waals surface area contributed by atoms with Crippen molar-refractivity contribution in [3.63, 3.8) is 0 Å². The van der Waals surface area contributed by atoms with Crippen LogP contribution in [0.15, 0.2) is 42.5 Å². The van der Waals surface area contributed by atoms with Crippen molar-refractivity contribution in [1.82, 2.24) is 0 Å². The number of carbonyl (C=O) groups is 3. The van der Waals surface area contributed by atoms with Gasteiger partial charge < -0.3 is 18.9 Å². The van der Waals surface area contributed by atoms with Crippen molar-refractivity contribution in [2.24, 2.45) is 5.41 Å². The third kappa shape index (κ3) is 13.5. The maximum absolute atomic E-state index is 13.4. The molecule has 0 amide bonds. The monoisotopic (exact) mass is 530 g/mol. The van der Waals surface area contributed by atoms with Crippen molar-refractivity contribution in [2.45, 2.75) is 85.0 Å². The minimum absolute atomic E-state index is 0.0456. The Bertz CT molecular complexity index is 845. The van der Waals surface area contributed by atoms with Crippen molar-refractivity contribution >= 4 is 24.0 Å². The van der Waals surface area contributed by atoms with E-state index in [1.165, 1.54) is 0 Å². The molecular weight excluding hydrogens is 484 g/mol. The molecule has 1 aromatic carbocycles. The summed E-state index contributed by atoms with van der Waals surface area (Å²) in [4.78, 5) is 38.2. The lowest BCUT2D eigenvalue weighted by atomic mass is 9.78. The van der Waals surface area contributed by atoms with Gasteiger partial charge in [-0.3, -0.25) is 14.4 Å². The lowest BCUT2D eigenvalue weighted by Gasteiger charge is -2.28. The third-order valence-corrected chi connectivity index (χ3v) is 6.14. The highest BCUT2D eigenvalue weighted by atomic mass is 16.5. The largest absolute Gasteiger partial charge is 0.497 e. The Labute approximate surface area is 228 Å². The first-order valence-electron chi connectivity index (χ1n) is 13.9. The van der Waals surface area contributed by atoms with E-state index in [4.69, 9.17) is 18.9 Å². The van der Waals surface area contributed by atoms with Gasteiger partial charge in [0.25, 0.3) is 0 Å². The van der Waals surface area contributed by atoms with Crippen molar-refractivity contribution in [3.05, 3.63) is 48.1 Å². The van der Waals surface area contributed by atoms with E-state index in [0.29, 0.717) is 13.2 Å². The molecule has 0 bridgehead atoms. The van der Waals surface area contributed by atoms with E-state index in [0.717, 1.165) is 49.8 Å². The molecule has 0 saturated carbocycles. The van der Waals surface area contributed by atoms with Crippen LogP contribution in [0.4, 0.5) is 0 Å². The van der Waals surface area contributed by atoms with E-state index in [9.17, 15) is 14.4 Å². The molecule has 0 saturated heterocycles. The van der Waals surface area contributed by atoms with E-state index in [-0.39, 0.29) is 44.2 Å². The van der Waals surface area contributed by atoms with Gasteiger partial charge in [-0.1, -0.05) is 76.5 Å². The van der Waals surface area contributed by atoms with Crippen LogP contribution < -0.4 is 4.74 Å². The standard InChI is InChI=1S/C31H46O7/c1-5-8-23-36-28(32)18-21-31(30(34)38-25-10-7-3,22-19-29(33)37-24-9-6-2)20-12-11-13-26-14-16-27(35-4)17-15-26/h11-17,20H,5-10,18-19,21-25H2,1-4H3/b13-11+,20-12+. The number of esters is 3. The summed E-state index contributed by atoms with van der Waals surface area (Å²) in [6.45, 7) is 7.06. The molecule has 7 heteroatoms. The molecule has 0 unspecified atom stereocenters. The van der Waals surface area contributed by atoms with Gasteiger partial charge in [0.05, 0.1) is 32.3 Å². The molecule has 0 radical (unpaired) electrons. The van der Waals surface area contributed by atoms with E-state index in [1.807, 2.05) is 57.2 Å². The Morgan fingerprint density at radius 1 is 0.737 bits per heavy atom. The fourth-order valence-electron chi connectivity index (χ4n) is 3.59. The maximum Gasteiger partial charge on any atom is 0.315 e. The molecule has 0 aliphatic carbocycles. The second-order valence-electron chi connectivity index (χ2n) is 9.29. The van der Waals surface area contributed by atoms with Crippen molar-refractivity contribution in [1.29, 1.82) is 0 Å². The van der Waals surface area contributed by atoms with Gasteiger partial charge in [0, 0.05) is 12.8 Å². The molecule has 1 aromatic rings. The third-order valence-electron chi connectivity index (χ3n) is 6.14. The van der Waals surface area contributed by atoms with Crippen LogP contribution in [-0.4, -0.2) is 44.8 Å². The predicted octanol–water partition coefficient (Wildman–Crippen LogP) is 6.84. The van der Waals surface area contributed by atoms with E-state index in [2.05, 4.69) is 0 Å². The zero-order valence-electron chi connectivity index (χ0n) is 23.7. The average molecular weight is 531 g/mol. The Hall–Kier alpha value is -3.09. The molecule has 0 atom stereocenters. The molecule has 0 N–H and O–H groups in total. The molecule has 38 heavy (non-hydrogen) atoms. The van der Waals surface area contributed by atoms with Gasteiger partial charge in [0.1, 0.15) is 5.75 Å². The number of hydrogen-bond donors (Lipinski definition) is 0. The van der Waals surface area contributed by atoms with Crippen molar-refractivity contribution in [3.8, 4) is 5.75 Å². The predicted molar refractivity (Wildman–Crippen MR) is 150 cm³/mol. The number of allylic oxidation sites excluding steroid dienone is 2. The summed E-state index contributed by atoms with van der Waals surface area (Å²) in [6.07, 6.45) is 12.7. The zero-order chi connectivity index (χ0) is 28.1. The minimum atomic E-state index is -1.16. The van der Waals surface area contributed by atoms with Crippen LogP contribution in [-0.2, 0) is 28.6 Å². The molecule has 1 rings (SSSR count). The maximum atomic E-state index is 13.4. The number of ether oxygens (including phenoxy) is 4. The summed E-state index contributed by atoms with van der Waals surface area (Å²) in [6, 6.07) is 7.59. The lowest BCUT2D eigenvalue weighted by Crippen LogP contribution is -2.33. The van der Waals surface area contributed by atoms with Gasteiger partial charge in [-0.2, -0.15) is 0 Å². The lowest BCUT2D eigenvalue weighted by molar-refractivity contribution is -0.155. The summed E-state index contributed by atoms with van der Waals surface area (Å²) in [5, 5.41) is 0. The quantitative estimate of drug-likeness (QED) is 0.0789. The molecule has 0 spiro atoms. The molecule has 0 aliphatic heterocycles. The van der Waals surface area contributed by atoms with E-state index >= 15 is 0 Å². The molecule has 212 valence electrons. The van der Waals surface area contributed by atoms with Gasteiger partial charge in [-0.05, 0) is 49.8 Å². The zero-order valence-corrected chi connectivity index (χ0v) is 23.7. The van der Waals surface area contributed by atoms with Crippen molar-refractivity contribution < 1.29 is 33.3 Å². The number of benzene rings is 1. The summed E-state index contributed by atoms with van der Waals surface area (Å²) >= 11 is 0. The fraction of sp³-hybridized carbons (Fsp3) is 0.581. The van der Waals surface area contributed by atoms with Crippen LogP contribution >= 0.6 is 0 Å². The highest BCUT2D eigenvalue weighted by Gasteiger charge is 2.38. The van der Waals surface area contributed by atoms with Gasteiger partial charge in [-0.15, -0.1) is 0 Å². The van der Waals surface area contributed by atoms with E-state index in [1.54, 1.807) is 19.3 Å². The Morgan fingerprint density at radius 2 is 1.24 bits per heavy atom. The van der Waals surface area contributed by atoms with Crippen LogP contribution in [0.3, 0.4) is 0 Å². The highest BCUT2D eigenvalue weighted by molar-refractivity contribution is 5.81. The normalized spacial score (nSPS) is 11.6. The van der Waals surface area contributed by atoms with Crippen LogP contribution in [0.2, 0.25) is 0 Å². The number of unbranched alkanes of at least 4 members (excludes halogenated alkanes) is 3. The summed E-state index contributed by atoms with van der Waals surface area (Å²) in [5.41, 5.74) is -0.198. The first-order valence-corrected chi connectivity index (χ1v) is 13.9.